The van der Waals surface area contributed by atoms with E-state index in [0.717, 1.165) is 18.7 Å². The number of hydrogen-bond donors (Lipinski definition) is 1. The number of benzene rings is 1. The van der Waals surface area contributed by atoms with Gasteiger partial charge in [-0.2, -0.15) is 0 Å². The van der Waals surface area contributed by atoms with Gasteiger partial charge in [-0.3, -0.25) is 4.90 Å². The Morgan fingerprint density at radius 2 is 2.25 bits per heavy atom. The molecule has 0 saturated heterocycles. The van der Waals surface area contributed by atoms with E-state index in [1.807, 2.05) is 23.1 Å². The minimum Gasteiger partial charge on any atom is -0.374 e. The Morgan fingerprint density at radius 3 is 2.92 bits per heavy atom. The highest BCUT2D eigenvalue weighted by Crippen LogP contribution is 2.30. The first-order valence-corrected chi connectivity index (χ1v) is 4.33. The third-order valence-corrected chi connectivity index (χ3v) is 2.46. The van der Waals surface area contributed by atoms with Crippen LogP contribution in [0.4, 0.5) is 0 Å². The molecule has 2 rings (SSSR count). The van der Waals surface area contributed by atoms with E-state index in [9.17, 15) is 5.11 Å². The van der Waals surface area contributed by atoms with Crippen LogP contribution in [-0.4, -0.2) is 16.6 Å². The van der Waals surface area contributed by atoms with E-state index >= 15 is 0 Å². The summed E-state index contributed by atoms with van der Waals surface area (Å²) in [7, 11) is 0. The van der Waals surface area contributed by atoms with Crippen molar-refractivity contribution in [1.29, 1.82) is 0 Å². The van der Waals surface area contributed by atoms with Gasteiger partial charge in [-0.1, -0.05) is 31.2 Å². The molecule has 2 nitrogen and oxygen atoms in total. The van der Waals surface area contributed by atoms with E-state index in [0.29, 0.717) is 0 Å². The van der Waals surface area contributed by atoms with Crippen LogP contribution in [0.5, 0.6) is 0 Å². The molecule has 0 bridgehead atoms. The molecule has 1 heterocycles. The lowest BCUT2D eigenvalue weighted by Gasteiger charge is -2.17. The Bertz CT molecular complexity index is 285. The van der Waals surface area contributed by atoms with Crippen LogP contribution >= 0.6 is 0 Å². The normalized spacial score (nSPS) is 22.7. The van der Waals surface area contributed by atoms with Crippen molar-refractivity contribution in [3.8, 4) is 0 Å². The molecule has 0 fully saturated rings. The van der Waals surface area contributed by atoms with Gasteiger partial charge in [0.15, 0.2) is 0 Å². The molecule has 2 heteroatoms. The van der Waals surface area contributed by atoms with Crippen LogP contribution in [0.25, 0.3) is 0 Å². The Balaban J connectivity index is 2.35. The molecule has 1 unspecified atom stereocenters. The summed E-state index contributed by atoms with van der Waals surface area (Å²) in [4.78, 5) is 2.05. The minimum absolute atomic E-state index is 0.383. The van der Waals surface area contributed by atoms with E-state index in [1.54, 1.807) is 0 Å². The van der Waals surface area contributed by atoms with Crippen LogP contribution in [-0.2, 0) is 6.54 Å². The SMILES string of the molecule is CCN1Cc2ccccc2C1O. The van der Waals surface area contributed by atoms with Crippen LogP contribution in [0.2, 0.25) is 0 Å². The number of aliphatic hydroxyl groups excluding tert-OH is 1. The summed E-state index contributed by atoms with van der Waals surface area (Å²) in [6.45, 7) is 3.85. The molecular formula is C10H13NO. The van der Waals surface area contributed by atoms with E-state index in [-0.39, 0.29) is 6.23 Å². The Hall–Kier alpha value is -0.860. The van der Waals surface area contributed by atoms with Crippen molar-refractivity contribution in [3.05, 3.63) is 35.4 Å². The monoisotopic (exact) mass is 163 g/mol. The number of nitrogens with zero attached hydrogens (tertiary/aromatic N) is 1. The summed E-state index contributed by atoms with van der Waals surface area (Å²) in [6.07, 6.45) is -0.383. The Kier molecular flexibility index (Phi) is 1.87. The quantitative estimate of drug-likeness (QED) is 0.678. The maximum Gasteiger partial charge on any atom is 0.134 e. The van der Waals surface area contributed by atoms with Gasteiger partial charge in [-0.15, -0.1) is 0 Å². The second-order valence-corrected chi connectivity index (χ2v) is 3.14. The highest BCUT2D eigenvalue weighted by atomic mass is 16.3. The number of aliphatic hydroxyl groups is 1. The summed E-state index contributed by atoms with van der Waals surface area (Å²) in [5, 5.41) is 9.77. The number of fused-ring (bicyclic) bond motifs is 1. The molecule has 0 aliphatic carbocycles. The molecule has 1 atom stereocenters. The first-order valence-electron chi connectivity index (χ1n) is 4.33. The van der Waals surface area contributed by atoms with E-state index in [4.69, 9.17) is 0 Å². The van der Waals surface area contributed by atoms with Gasteiger partial charge in [0.25, 0.3) is 0 Å². The van der Waals surface area contributed by atoms with Crippen LogP contribution in [0, 0.1) is 0 Å². The zero-order valence-corrected chi connectivity index (χ0v) is 7.20. The zero-order valence-electron chi connectivity index (χ0n) is 7.20. The second-order valence-electron chi connectivity index (χ2n) is 3.14. The van der Waals surface area contributed by atoms with Crippen molar-refractivity contribution in [2.75, 3.05) is 6.54 Å². The molecule has 0 radical (unpaired) electrons. The average molecular weight is 163 g/mol. The van der Waals surface area contributed by atoms with Crippen molar-refractivity contribution in [2.45, 2.75) is 19.7 Å². The molecule has 0 aromatic heterocycles. The van der Waals surface area contributed by atoms with Crippen LogP contribution in [0.3, 0.4) is 0 Å². The van der Waals surface area contributed by atoms with Gasteiger partial charge < -0.3 is 5.11 Å². The third-order valence-electron chi connectivity index (χ3n) is 2.46. The van der Waals surface area contributed by atoms with E-state index in [2.05, 4.69) is 13.0 Å². The standard InChI is InChI=1S/C10H13NO/c1-2-11-7-8-5-3-4-6-9(8)10(11)12/h3-6,10,12H,2,7H2,1H3. The Labute approximate surface area is 72.4 Å². The van der Waals surface area contributed by atoms with Gasteiger partial charge in [-0.25, -0.2) is 0 Å². The van der Waals surface area contributed by atoms with Crippen molar-refractivity contribution in [3.63, 3.8) is 0 Å². The second kappa shape index (κ2) is 2.88. The van der Waals surface area contributed by atoms with Gasteiger partial charge in [0.2, 0.25) is 0 Å². The first-order chi connectivity index (χ1) is 5.83. The average Bonchev–Trinajstić information content (AvgIpc) is 2.44. The summed E-state index contributed by atoms with van der Waals surface area (Å²) in [5.41, 5.74) is 2.33. The van der Waals surface area contributed by atoms with Gasteiger partial charge in [0.1, 0.15) is 6.23 Å². The smallest absolute Gasteiger partial charge is 0.134 e. The summed E-state index contributed by atoms with van der Waals surface area (Å²) in [6, 6.07) is 8.07. The van der Waals surface area contributed by atoms with Crippen molar-refractivity contribution >= 4 is 0 Å². The van der Waals surface area contributed by atoms with Gasteiger partial charge in [-0.05, 0) is 17.7 Å². The van der Waals surface area contributed by atoms with Crippen LogP contribution < -0.4 is 0 Å². The topological polar surface area (TPSA) is 23.5 Å². The van der Waals surface area contributed by atoms with Gasteiger partial charge >= 0.3 is 0 Å². The lowest BCUT2D eigenvalue weighted by Crippen LogP contribution is -2.20. The molecule has 0 spiro atoms. The van der Waals surface area contributed by atoms with Gasteiger partial charge in [0.05, 0.1) is 0 Å². The van der Waals surface area contributed by atoms with Crippen LogP contribution in [0.15, 0.2) is 24.3 Å². The fourth-order valence-corrected chi connectivity index (χ4v) is 1.72. The van der Waals surface area contributed by atoms with Crippen molar-refractivity contribution in [1.82, 2.24) is 4.90 Å². The lowest BCUT2D eigenvalue weighted by atomic mass is 10.1. The maximum absolute atomic E-state index is 9.77. The molecule has 12 heavy (non-hydrogen) atoms. The molecule has 1 aromatic rings. The lowest BCUT2D eigenvalue weighted by molar-refractivity contribution is 0.0177. The fourth-order valence-electron chi connectivity index (χ4n) is 1.72. The highest BCUT2D eigenvalue weighted by molar-refractivity contribution is 5.32. The van der Waals surface area contributed by atoms with E-state index < -0.39 is 0 Å². The van der Waals surface area contributed by atoms with Crippen molar-refractivity contribution < 1.29 is 5.11 Å². The van der Waals surface area contributed by atoms with Crippen LogP contribution in [0.1, 0.15) is 24.3 Å². The molecule has 1 aliphatic rings. The van der Waals surface area contributed by atoms with Crippen molar-refractivity contribution in [2.24, 2.45) is 0 Å². The predicted octanol–water partition coefficient (Wildman–Crippen LogP) is 1.51. The minimum atomic E-state index is -0.383. The predicted molar refractivity (Wildman–Crippen MR) is 47.5 cm³/mol. The fraction of sp³-hybridized carbons (Fsp3) is 0.400. The molecule has 64 valence electrons. The zero-order chi connectivity index (χ0) is 8.55. The van der Waals surface area contributed by atoms with E-state index in [1.165, 1.54) is 5.56 Å². The molecular weight excluding hydrogens is 150 g/mol. The molecule has 1 N–H and O–H groups in total. The van der Waals surface area contributed by atoms with Gasteiger partial charge in [0, 0.05) is 6.54 Å². The number of hydrogen-bond acceptors (Lipinski definition) is 2. The third kappa shape index (κ3) is 1.04. The molecule has 0 amide bonds. The molecule has 1 aliphatic heterocycles. The number of rotatable bonds is 1. The summed E-state index contributed by atoms with van der Waals surface area (Å²) in [5.74, 6) is 0. The molecule has 0 saturated carbocycles. The summed E-state index contributed by atoms with van der Waals surface area (Å²) >= 11 is 0. The summed E-state index contributed by atoms with van der Waals surface area (Å²) < 4.78 is 0. The maximum atomic E-state index is 9.77. The largest absolute Gasteiger partial charge is 0.374 e. The first kappa shape index (κ1) is 7.77. The Morgan fingerprint density at radius 1 is 1.50 bits per heavy atom. The highest BCUT2D eigenvalue weighted by Gasteiger charge is 2.25. The molecule has 1 aromatic carbocycles.